The molecule has 1 aromatic rings. The molecule has 0 radical (unpaired) electrons. The number of rotatable bonds is 0. The van der Waals surface area contributed by atoms with E-state index in [-0.39, 0.29) is 0 Å². The molecule has 1 unspecified atom stereocenters. The van der Waals surface area contributed by atoms with E-state index in [0.717, 1.165) is 12.5 Å². The second-order valence-electron chi connectivity index (χ2n) is 3.78. The molecule has 0 saturated carbocycles. The average molecular weight is 198 g/mol. The molecule has 1 aliphatic carbocycles. The van der Waals surface area contributed by atoms with Crippen molar-refractivity contribution in [3.05, 3.63) is 34.9 Å². The van der Waals surface area contributed by atoms with Gasteiger partial charge in [0.2, 0.25) is 0 Å². The van der Waals surface area contributed by atoms with Crippen LogP contribution in [-0.4, -0.2) is 11.2 Å². The summed E-state index contributed by atoms with van der Waals surface area (Å²) < 4.78 is 26.2. The molecule has 1 aliphatic rings. The van der Waals surface area contributed by atoms with Gasteiger partial charge in [-0.1, -0.05) is 0 Å². The Hall–Kier alpha value is -0.960. The van der Waals surface area contributed by atoms with Crippen LogP contribution < -0.4 is 0 Å². The first-order valence-corrected chi connectivity index (χ1v) is 4.81. The fourth-order valence-electron chi connectivity index (χ4n) is 1.99. The minimum absolute atomic E-state index is 0.365. The van der Waals surface area contributed by atoms with Crippen LogP contribution in [-0.2, 0) is 12.8 Å². The number of fused-ring (bicyclic) bond motifs is 1. The van der Waals surface area contributed by atoms with Crippen LogP contribution in [0.5, 0.6) is 0 Å². The maximum Gasteiger partial charge on any atom is 0.129 e. The highest BCUT2D eigenvalue weighted by Gasteiger charge is 2.18. The topological polar surface area (TPSA) is 20.2 Å². The Balaban J connectivity index is 2.45. The smallest absolute Gasteiger partial charge is 0.129 e. The molecule has 1 atom stereocenters. The summed E-state index contributed by atoms with van der Waals surface area (Å²) >= 11 is 0. The molecule has 0 spiro atoms. The monoisotopic (exact) mass is 198 g/mol. The zero-order valence-corrected chi connectivity index (χ0v) is 7.76. The van der Waals surface area contributed by atoms with Gasteiger partial charge in [-0.2, -0.15) is 0 Å². The maximum absolute atomic E-state index is 13.3. The van der Waals surface area contributed by atoms with Gasteiger partial charge in [0.15, 0.2) is 0 Å². The lowest BCUT2D eigenvalue weighted by atomic mass is 10.0. The zero-order valence-electron chi connectivity index (χ0n) is 7.76. The van der Waals surface area contributed by atoms with Crippen LogP contribution in [0.15, 0.2) is 12.1 Å². The van der Waals surface area contributed by atoms with Crippen LogP contribution in [0.3, 0.4) is 0 Å². The molecule has 3 heteroatoms. The summed E-state index contributed by atoms with van der Waals surface area (Å²) in [7, 11) is 0. The molecule has 1 nitrogen and oxygen atoms in total. The molecule has 0 amide bonds. The number of benzene rings is 1. The minimum atomic E-state index is -0.560. The Kier molecular flexibility index (Phi) is 2.50. The van der Waals surface area contributed by atoms with Gasteiger partial charge in [-0.15, -0.1) is 0 Å². The molecule has 1 N–H and O–H groups in total. The van der Waals surface area contributed by atoms with E-state index in [0.29, 0.717) is 30.4 Å². The quantitative estimate of drug-likeness (QED) is 0.634. The third-order valence-corrected chi connectivity index (χ3v) is 2.67. The second kappa shape index (κ2) is 3.65. The van der Waals surface area contributed by atoms with Crippen LogP contribution >= 0.6 is 0 Å². The van der Waals surface area contributed by atoms with Crippen molar-refractivity contribution in [2.45, 2.75) is 31.8 Å². The number of halogens is 2. The van der Waals surface area contributed by atoms with Gasteiger partial charge in [-0.3, -0.25) is 0 Å². The summed E-state index contributed by atoms with van der Waals surface area (Å²) in [6, 6.07) is 2.24. The standard InChI is InChI=1S/C11H12F2O/c12-8-4-7-5-9(14)2-1-3-10(7)11(13)6-8/h4,6,9,14H,1-3,5H2. The fraction of sp³-hybridized carbons (Fsp3) is 0.455. The fourth-order valence-corrected chi connectivity index (χ4v) is 1.99. The maximum atomic E-state index is 13.3. The van der Waals surface area contributed by atoms with Crippen molar-refractivity contribution in [1.82, 2.24) is 0 Å². The number of hydrogen-bond donors (Lipinski definition) is 1. The molecule has 0 aliphatic heterocycles. The Morgan fingerprint density at radius 2 is 2.07 bits per heavy atom. The number of aliphatic hydroxyl groups excluding tert-OH is 1. The van der Waals surface area contributed by atoms with Gasteiger partial charge in [0, 0.05) is 6.07 Å². The Morgan fingerprint density at radius 1 is 1.29 bits per heavy atom. The van der Waals surface area contributed by atoms with Gasteiger partial charge >= 0.3 is 0 Å². The first-order chi connectivity index (χ1) is 6.66. The van der Waals surface area contributed by atoms with Gasteiger partial charge in [0.05, 0.1) is 6.10 Å². The summed E-state index contributed by atoms with van der Waals surface area (Å²) in [5.74, 6) is -1.04. The minimum Gasteiger partial charge on any atom is -0.393 e. The van der Waals surface area contributed by atoms with Crippen LogP contribution in [0.2, 0.25) is 0 Å². The predicted octanol–water partition coefficient (Wildman–Crippen LogP) is 2.20. The van der Waals surface area contributed by atoms with Crippen molar-refractivity contribution in [2.24, 2.45) is 0 Å². The lowest BCUT2D eigenvalue weighted by Crippen LogP contribution is -2.08. The van der Waals surface area contributed by atoms with E-state index >= 15 is 0 Å². The van der Waals surface area contributed by atoms with E-state index < -0.39 is 17.7 Å². The van der Waals surface area contributed by atoms with Crippen LogP contribution in [0, 0.1) is 11.6 Å². The van der Waals surface area contributed by atoms with Crippen molar-refractivity contribution in [1.29, 1.82) is 0 Å². The lowest BCUT2D eigenvalue weighted by molar-refractivity contribution is 0.165. The normalized spacial score (nSPS) is 21.5. The molecule has 0 heterocycles. The highest BCUT2D eigenvalue weighted by atomic mass is 19.1. The third-order valence-electron chi connectivity index (χ3n) is 2.67. The number of aliphatic hydroxyl groups is 1. The Morgan fingerprint density at radius 3 is 2.86 bits per heavy atom. The summed E-state index contributed by atoms with van der Waals surface area (Å²) in [4.78, 5) is 0. The molecule has 0 fully saturated rings. The molecule has 1 aromatic carbocycles. The predicted molar refractivity (Wildman–Crippen MR) is 49.0 cm³/mol. The largest absolute Gasteiger partial charge is 0.393 e. The molecule has 2 rings (SSSR count). The van der Waals surface area contributed by atoms with E-state index in [1.807, 2.05) is 0 Å². The Labute approximate surface area is 81.4 Å². The van der Waals surface area contributed by atoms with Crippen molar-refractivity contribution in [2.75, 3.05) is 0 Å². The molecule has 0 bridgehead atoms. The summed E-state index contributed by atoms with van der Waals surface area (Å²) in [5, 5.41) is 9.47. The van der Waals surface area contributed by atoms with Crippen molar-refractivity contribution in [3.8, 4) is 0 Å². The molecule has 76 valence electrons. The first kappa shape index (κ1) is 9.59. The molecule has 14 heavy (non-hydrogen) atoms. The lowest BCUT2D eigenvalue weighted by Gasteiger charge is -2.08. The van der Waals surface area contributed by atoms with Crippen molar-refractivity contribution < 1.29 is 13.9 Å². The van der Waals surface area contributed by atoms with Gasteiger partial charge in [-0.05, 0) is 42.9 Å². The molecule has 0 saturated heterocycles. The van der Waals surface area contributed by atoms with E-state index in [1.54, 1.807) is 0 Å². The number of hydrogen-bond acceptors (Lipinski definition) is 1. The van der Waals surface area contributed by atoms with Crippen LogP contribution in [0.1, 0.15) is 24.0 Å². The third kappa shape index (κ3) is 1.77. The summed E-state index contributed by atoms with van der Waals surface area (Å²) in [6.07, 6.45) is 1.92. The Bertz CT molecular complexity index is 349. The van der Waals surface area contributed by atoms with Crippen LogP contribution in [0.25, 0.3) is 0 Å². The summed E-state index contributed by atoms with van der Waals surface area (Å²) in [6.45, 7) is 0. The van der Waals surface area contributed by atoms with Gasteiger partial charge in [0.1, 0.15) is 11.6 Å². The van der Waals surface area contributed by atoms with E-state index in [9.17, 15) is 13.9 Å². The zero-order chi connectivity index (χ0) is 10.1. The second-order valence-corrected chi connectivity index (χ2v) is 3.78. The highest BCUT2D eigenvalue weighted by Crippen LogP contribution is 2.24. The van der Waals surface area contributed by atoms with Crippen molar-refractivity contribution in [3.63, 3.8) is 0 Å². The highest BCUT2D eigenvalue weighted by molar-refractivity contribution is 5.31. The van der Waals surface area contributed by atoms with E-state index in [1.165, 1.54) is 6.07 Å². The van der Waals surface area contributed by atoms with Crippen LogP contribution in [0.4, 0.5) is 8.78 Å². The van der Waals surface area contributed by atoms with Crippen molar-refractivity contribution >= 4 is 0 Å². The van der Waals surface area contributed by atoms with Gasteiger partial charge < -0.3 is 5.11 Å². The first-order valence-electron chi connectivity index (χ1n) is 4.81. The van der Waals surface area contributed by atoms with Gasteiger partial charge in [0.25, 0.3) is 0 Å². The van der Waals surface area contributed by atoms with E-state index in [2.05, 4.69) is 0 Å². The molecular weight excluding hydrogens is 186 g/mol. The SMILES string of the molecule is OC1CCCc2c(F)cc(F)cc2C1. The molecular formula is C11H12F2O. The van der Waals surface area contributed by atoms with E-state index in [4.69, 9.17) is 0 Å². The molecule has 0 aromatic heterocycles. The van der Waals surface area contributed by atoms with Gasteiger partial charge in [-0.25, -0.2) is 8.78 Å². The summed E-state index contributed by atoms with van der Waals surface area (Å²) in [5.41, 5.74) is 1.19. The average Bonchev–Trinajstić information content (AvgIpc) is 2.25.